The maximum Gasteiger partial charge on any atom is 0.410 e. The average molecular weight is 600 g/mol. The third-order valence-corrected chi connectivity index (χ3v) is 8.48. The smallest absolute Gasteiger partial charge is 0.410 e. The largest absolute Gasteiger partial charge is 0.493 e. The molecule has 2 aliphatic rings. The Hall–Kier alpha value is -4.47. The number of likely N-dealkylation sites (tertiary alicyclic amines) is 1. The lowest BCUT2D eigenvalue weighted by Gasteiger charge is -2.55. The summed E-state index contributed by atoms with van der Waals surface area (Å²) in [6.45, 7) is 10.3. The number of hydrogen-bond donors (Lipinski definition) is 0. The Labute approximate surface area is 258 Å². The summed E-state index contributed by atoms with van der Waals surface area (Å²) in [7, 11) is 3.25. The predicted octanol–water partition coefficient (Wildman–Crippen LogP) is 5.91. The van der Waals surface area contributed by atoms with Gasteiger partial charge in [0.2, 0.25) is 5.88 Å². The first-order valence-electron chi connectivity index (χ1n) is 15.1. The van der Waals surface area contributed by atoms with E-state index in [1.54, 1.807) is 20.4 Å². The van der Waals surface area contributed by atoms with E-state index >= 15 is 0 Å². The zero-order chi connectivity index (χ0) is 30.9. The Morgan fingerprint density at radius 1 is 0.909 bits per heavy atom. The van der Waals surface area contributed by atoms with E-state index in [0.717, 1.165) is 61.2 Å². The molecule has 2 aromatic heterocycles. The van der Waals surface area contributed by atoms with Crippen LogP contribution in [0.4, 0.5) is 10.5 Å². The number of pyridine rings is 1. The highest BCUT2D eigenvalue weighted by Crippen LogP contribution is 2.43. The van der Waals surface area contributed by atoms with Gasteiger partial charge in [0, 0.05) is 61.7 Å². The number of carbonyl (C=O) groups is 1. The quantitative estimate of drug-likeness (QED) is 0.247. The van der Waals surface area contributed by atoms with Crippen LogP contribution < -0.4 is 19.1 Å². The van der Waals surface area contributed by atoms with Gasteiger partial charge in [-0.1, -0.05) is 6.07 Å². The lowest BCUT2D eigenvalue weighted by molar-refractivity contribution is 0.00598. The number of methoxy groups -OCH3 is 2. The molecule has 10 heteroatoms. The molecule has 0 atom stereocenters. The number of aromatic nitrogens is 3. The summed E-state index contributed by atoms with van der Waals surface area (Å²) in [5.41, 5.74) is 5.09. The first-order valence-corrected chi connectivity index (χ1v) is 15.1. The van der Waals surface area contributed by atoms with Crippen LogP contribution in [0.25, 0.3) is 11.0 Å². The number of benzene rings is 2. The Morgan fingerprint density at radius 3 is 2.36 bits per heavy atom. The Balaban J connectivity index is 1.05. The van der Waals surface area contributed by atoms with Gasteiger partial charge < -0.3 is 33.3 Å². The second kappa shape index (κ2) is 11.9. The van der Waals surface area contributed by atoms with Crippen LogP contribution in [0.2, 0.25) is 0 Å². The van der Waals surface area contributed by atoms with E-state index in [2.05, 4.69) is 38.7 Å². The van der Waals surface area contributed by atoms with Crippen molar-refractivity contribution in [3.63, 3.8) is 0 Å². The first-order chi connectivity index (χ1) is 21.1. The Morgan fingerprint density at radius 2 is 1.68 bits per heavy atom. The van der Waals surface area contributed by atoms with Crippen molar-refractivity contribution in [3.8, 4) is 17.4 Å². The van der Waals surface area contributed by atoms with Gasteiger partial charge in [-0.3, -0.25) is 0 Å². The minimum absolute atomic E-state index is 0.199. The number of anilines is 1. The summed E-state index contributed by atoms with van der Waals surface area (Å²) in [4.78, 5) is 25.7. The molecule has 2 aliphatic heterocycles. The lowest BCUT2D eigenvalue weighted by Crippen LogP contribution is -2.61. The third kappa shape index (κ3) is 6.39. The fourth-order valence-corrected chi connectivity index (χ4v) is 6.03. The van der Waals surface area contributed by atoms with Crippen molar-refractivity contribution in [1.29, 1.82) is 0 Å². The number of amides is 1. The monoisotopic (exact) mass is 599 g/mol. The third-order valence-electron chi connectivity index (χ3n) is 8.48. The van der Waals surface area contributed by atoms with Gasteiger partial charge in [0.1, 0.15) is 12.2 Å². The average Bonchev–Trinajstić information content (AvgIpc) is 3.40. The highest BCUT2D eigenvalue weighted by atomic mass is 16.6. The molecule has 2 fully saturated rings. The van der Waals surface area contributed by atoms with Gasteiger partial charge in [0.05, 0.1) is 31.6 Å². The molecule has 0 unspecified atom stereocenters. The second-order valence-corrected chi connectivity index (χ2v) is 12.9. The number of hydrogen-bond acceptors (Lipinski definition) is 8. The molecule has 1 amide bonds. The van der Waals surface area contributed by atoms with Gasteiger partial charge in [-0.05, 0) is 75.6 Å². The molecule has 4 aromatic rings. The van der Waals surface area contributed by atoms with Gasteiger partial charge in [-0.25, -0.2) is 14.8 Å². The summed E-state index contributed by atoms with van der Waals surface area (Å²) >= 11 is 0. The van der Waals surface area contributed by atoms with Crippen molar-refractivity contribution in [2.45, 2.75) is 52.4 Å². The molecule has 2 saturated heterocycles. The molecule has 4 heterocycles. The topological polar surface area (TPSA) is 91.2 Å². The molecule has 0 radical (unpaired) electrons. The fraction of sp³-hybridized carbons (Fsp3) is 0.441. The summed E-state index contributed by atoms with van der Waals surface area (Å²) in [6, 6.07) is 16.3. The number of ether oxygens (including phenoxy) is 4. The van der Waals surface area contributed by atoms with Crippen LogP contribution in [0.15, 0.2) is 61.1 Å². The molecule has 10 nitrogen and oxygen atoms in total. The molecule has 6 rings (SSSR count). The van der Waals surface area contributed by atoms with Gasteiger partial charge in [0.15, 0.2) is 11.5 Å². The molecular formula is C34H41N5O5. The minimum atomic E-state index is -0.464. The molecule has 0 N–H and O–H groups in total. The zero-order valence-corrected chi connectivity index (χ0v) is 26.2. The van der Waals surface area contributed by atoms with Crippen LogP contribution in [-0.2, 0) is 17.9 Å². The lowest BCUT2D eigenvalue weighted by atomic mass is 9.72. The standard InChI is InChI=1S/C34H41N5O5/c1-33(2,3)44-32(40)37-14-12-34(13-15-37)21-39(22-34)26-8-9-28-27(17-26)36-23-38(28)19-24-6-10-29(30(16-24)41-4)43-20-25-7-11-31(42-5)35-18-25/h6-11,16-18,23H,12-15,19-22H2,1-5H3. The van der Waals surface area contributed by atoms with Crippen LogP contribution in [0.5, 0.6) is 17.4 Å². The van der Waals surface area contributed by atoms with Crippen molar-refractivity contribution in [2.24, 2.45) is 5.41 Å². The second-order valence-electron chi connectivity index (χ2n) is 12.9. The Kier molecular flexibility index (Phi) is 8.00. The summed E-state index contributed by atoms with van der Waals surface area (Å²) in [5, 5.41) is 0. The number of piperidine rings is 1. The van der Waals surface area contributed by atoms with E-state index in [1.807, 2.05) is 56.3 Å². The first kappa shape index (κ1) is 29.6. The van der Waals surface area contributed by atoms with Crippen molar-refractivity contribution in [2.75, 3.05) is 45.3 Å². The molecule has 44 heavy (non-hydrogen) atoms. The van der Waals surface area contributed by atoms with Crippen LogP contribution in [-0.4, -0.2) is 71.5 Å². The number of carbonyl (C=O) groups excluding carboxylic acids is 1. The van der Waals surface area contributed by atoms with Gasteiger partial charge in [-0.15, -0.1) is 0 Å². The predicted molar refractivity (Wildman–Crippen MR) is 169 cm³/mol. The van der Waals surface area contributed by atoms with Crippen LogP contribution in [0.1, 0.15) is 44.7 Å². The van der Waals surface area contributed by atoms with Gasteiger partial charge in [-0.2, -0.15) is 0 Å². The maximum atomic E-state index is 12.5. The van der Waals surface area contributed by atoms with E-state index in [4.69, 9.17) is 23.9 Å². The van der Waals surface area contributed by atoms with Crippen LogP contribution in [0, 0.1) is 5.41 Å². The molecule has 0 saturated carbocycles. The number of imidazole rings is 1. The minimum Gasteiger partial charge on any atom is -0.493 e. The normalized spacial score (nSPS) is 16.1. The van der Waals surface area contributed by atoms with E-state index in [1.165, 1.54) is 5.69 Å². The molecular weight excluding hydrogens is 558 g/mol. The van der Waals surface area contributed by atoms with Gasteiger partial charge >= 0.3 is 6.09 Å². The van der Waals surface area contributed by atoms with Crippen molar-refractivity contribution in [1.82, 2.24) is 19.4 Å². The molecule has 232 valence electrons. The van der Waals surface area contributed by atoms with E-state index in [9.17, 15) is 4.79 Å². The van der Waals surface area contributed by atoms with Crippen molar-refractivity contribution >= 4 is 22.8 Å². The van der Waals surface area contributed by atoms with E-state index < -0.39 is 5.60 Å². The van der Waals surface area contributed by atoms with Gasteiger partial charge in [0.25, 0.3) is 0 Å². The number of nitrogens with zero attached hydrogens (tertiary/aromatic N) is 5. The van der Waals surface area contributed by atoms with Crippen LogP contribution >= 0.6 is 0 Å². The summed E-state index contributed by atoms with van der Waals surface area (Å²) < 4.78 is 24.5. The molecule has 0 aliphatic carbocycles. The molecule has 0 bridgehead atoms. The molecule has 1 spiro atoms. The SMILES string of the molecule is COc1ccc(COc2ccc(Cn3cnc4cc(N5CC6(CCN(C(=O)OC(C)(C)C)CC6)C5)ccc43)cc2OC)cn1. The fourth-order valence-electron chi connectivity index (χ4n) is 6.03. The van der Waals surface area contributed by atoms with Crippen molar-refractivity contribution in [3.05, 3.63) is 72.2 Å². The highest BCUT2D eigenvalue weighted by molar-refractivity contribution is 5.80. The zero-order valence-electron chi connectivity index (χ0n) is 26.2. The molecule has 2 aromatic carbocycles. The maximum absolute atomic E-state index is 12.5. The van der Waals surface area contributed by atoms with E-state index in [0.29, 0.717) is 30.5 Å². The van der Waals surface area contributed by atoms with Crippen LogP contribution in [0.3, 0.4) is 0 Å². The summed E-state index contributed by atoms with van der Waals surface area (Å²) in [6.07, 6.45) is 5.45. The Bertz CT molecular complexity index is 1610. The van der Waals surface area contributed by atoms with Crippen molar-refractivity contribution < 1.29 is 23.7 Å². The van der Waals surface area contributed by atoms with E-state index in [-0.39, 0.29) is 11.5 Å². The number of fused-ring (bicyclic) bond motifs is 1. The number of rotatable bonds is 8. The summed E-state index contributed by atoms with van der Waals surface area (Å²) in [5.74, 6) is 1.93. The highest BCUT2D eigenvalue weighted by Gasteiger charge is 2.46.